The number of thiophene rings is 1. The van der Waals surface area contributed by atoms with Crippen LogP contribution in [-0.4, -0.2) is 23.9 Å². The molecule has 3 rings (SSSR count). The van der Waals surface area contributed by atoms with E-state index in [4.69, 9.17) is 5.84 Å². The number of likely N-dealkylation sites (tertiary alicyclic amines) is 1. The molecule has 1 saturated heterocycles. The fourth-order valence-electron chi connectivity index (χ4n) is 3.95. The van der Waals surface area contributed by atoms with Crippen LogP contribution < -0.4 is 11.3 Å². The van der Waals surface area contributed by atoms with E-state index in [2.05, 4.69) is 16.4 Å². The molecule has 0 atom stereocenters. The Morgan fingerprint density at radius 1 is 1.24 bits per heavy atom. The molecule has 5 heteroatoms. The van der Waals surface area contributed by atoms with Gasteiger partial charge in [0.05, 0.1) is 4.88 Å². The number of hydrogen-bond acceptors (Lipinski definition) is 4. The van der Waals surface area contributed by atoms with Crippen molar-refractivity contribution in [3.8, 4) is 0 Å². The maximum atomic E-state index is 11.7. The van der Waals surface area contributed by atoms with Crippen LogP contribution >= 0.6 is 11.3 Å². The zero-order valence-corrected chi connectivity index (χ0v) is 13.4. The molecule has 3 N–H and O–H groups in total. The Morgan fingerprint density at radius 2 is 1.95 bits per heavy atom. The van der Waals surface area contributed by atoms with Gasteiger partial charge in [-0.15, -0.1) is 11.3 Å². The van der Waals surface area contributed by atoms with Crippen LogP contribution in [0.3, 0.4) is 0 Å². The second-order valence-corrected chi connectivity index (χ2v) is 7.50. The number of piperidine rings is 1. The molecule has 21 heavy (non-hydrogen) atoms. The van der Waals surface area contributed by atoms with Crippen molar-refractivity contribution in [2.75, 3.05) is 13.1 Å². The van der Waals surface area contributed by atoms with E-state index in [0.717, 1.165) is 17.0 Å². The minimum atomic E-state index is -0.166. The Morgan fingerprint density at radius 3 is 2.62 bits per heavy atom. The molecule has 0 bridgehead atoms. The molecule has 1 spiro atoms. The van der Waals surface area contributed by atoms with Gasteiger partial charge >= 0.3 is 0 Å². The van der Waals surface area contributed by atoms with Crippen molar-refractivity contribution in [1.29, 1.82) is 0 Å². The van der Waals surface area contributed by atoms with E-state index >= 15 is 0 Å². The van der Waals surface area contributed by atoms with Gasteiger partial charge in [-0.25, -0.2) is 5.84 Å². The third kappa shape index (κ3) is 3.30. The summed E-state index contributed by atoms with van der Waals surface area (Å²) in [5.74, 6) is 5.09. The van der Waals surface area contributed by atoms with Gasteiger partial charge in [-0.05, 0) is 61.2 Å². The molecule has 2 aliphatic rings. The molecule has 1 aliphatic carbocycles. The zero-order chi connectivity index (χ0) is 14.7. The Kier molecular flexibility index (Phi) is 4.62. The molecule has 1 aromatic heterocycles. The van der Waals surface area contributed by atoms with Gasteiger partial charge in [0.1, 0.15) is 0 Å². The van der Waals surface area contributed by atoms with E-state index in [1.807, 2.05) is 5.38 Å². The summed E-state index contributed by atoms with van der Waals surface area (Å²) in [6.07, 6.45) is 9.79. The molecule has 1 aliphatic heterocycles. The quantitative estimate of drug-likeness (QED) is 0.513. The predicted octanol–water partition coefficient (Wildman–Crippen LogP) is 2.90. The van der Waals surface area contributed by atoms with Gasteiger partial charge in [0.2, 0.25) is 0 Å². The van der Waals surface area contributed by atoms with Gasteiger partial charge in [0, 0.05) is 6.54 Å². The zero-order valence-electron chi connectivity index (χ0n) is 12.6. The van der Waals surface area contributed by atoms with Crippen LogP contribution in [0.1, 0.15) is 60.2 Å². The van der Waals surface area contributed by atoms with Crippen LogP contribution in [0.2, 0.25) is 0 Å². The minimum Gasteiger partial charge on any atom is -0.299 e. The highest BCUT2D eigenvalue weighted by Gasteiger charge is 2.35. The molecule has 1 amide bonds. The van der Waals surface area contributed by atoms with E-state index < -0.39 is 0 Å². The van der Waals surface area contributed by atoms with Gasteiger partial charge < -0.3 is 0 Å². The van der Waals surface area contributed by atoms with Crippen LogP contribution in [0.15, 0.2) is 11.4 Å². The number of nitrogen functional groups attached to an aromatic ring is 1. The van der Waals surface area contributed by atoms with E-state index in [9.17, 15) is 4.79 Å². The maximum Gasteiger partial charge on any atom is 0.275 e. The first-order valence-corrected chi connectivity index (χ1v) is 8.90. The molecule has 116 valence electrons. The Bertz CT molecular complexity index is 483. The molecular formula is C16H25N3OS. The first kappa shape index (κ1) is 15.0. The minimum absolute atomic E-state index is 0.166. The maximum absolute atomic E-state index is 11.7. The van der Waals surface area contributed by atoms with Crippen molar-refractivity contribution < 1.29 is 4.79 Å². The molecule has 0 aromatic carbocycles. The molecule has 4 nitrogen and oxygen atoms in total. The monoisotopic (exact) mass is 307 g/mol. The number of rotatable bonds is 3. The smallest absolute Gasteiger partial charge is 0.275 e. The van der Waals surface area contributed by atoms with Crippen LogP contribution in [0.5, 0.6) is 0 Å². The summed E-state index contributed by atoms with van der Waals surface area (Å²) < 4.78 is 0. The Labute approximate surface area is 130 Å². The van der Waals surface area contributed by atoms with Gasteiger partial charge in [-0.3, -0.25) is 15.1 Å². The summed E-state index contributed by atoms with van der Waals surface area (Å²) in [5.41, 5.74) is 4.00. The first-order valence-electron chi connectivity index (χ1n) is 8.02. The largest absolute Gasteiger partial charge is 0.299 e. The molecule has 2 heterocycles. The van der Waals surface area contributed by atoms with E-state index in [1.165, 1.54) is 69.4 Å². The fourth-order valence-corrected chi connectivity index (χ4v) is 4.77. The predicted molar refractivity (Wildman–Crippen MR) is 86.0 cm³/mol. The average Bonchev–Trinajstić information content (AvgIpc) is 2.98. The normalized spacial score (nSPS) is 22.3. The molecule has 1 saturated carbocycles. The van der Waals surface area contributed by atoms with E-state index in [0.29, 0.717) is 5.41 Å². The van der Waals surface area contributed by atoms with Crippen molar-refractivity contribution in [3.05, 3.63) is 21.9 Å². The van der Waals surface area contributed by atoms with E-state index in [1.54, 1.807) is 0 Å². The number of hydrogen-bond donors (Lipinski definition) is 2. The van der Waals surface area contributed by atoms with Crippen molar-refractivity contribution in [1.82, 2.24) is 10.3 Å². The highest BCUT2D eigenvalue weighted by molar-refractivity contribution is 7.12. The number of nitrogens with two attached hydrogens (primary N) is 1. The van der Waals surface area contributed by atoms with Crippen LogP contribution in [0.25, 0.3) is 0 Å². The summed E-state index contributed by atoms with van der Waals surface area (Å²) in [6.45, 7) is 3.21. The SMILES string of the molecule is NNC(=O)c1sccc1CN1CCC2(CCCCC2)CC1. The molecule has 1 aromatic rings. The van der Waals surface area contributed by atoms with Crippen LogP contribution in [-0.2, 0) is 6.54 Å². The second-order valence-electron chi connectivity index (χ2n) is 6.59. The topological polar surface area (TPSA) is 58.4 Å². The standard InChI is InChI=1S/C16H25N3OS/c17-18-15(20)14-13(4-11-21-14)12-19-9-7-16(8-10-19)5-2-1-3-6-16/h4,11H,1-3,5-10,12,17H2,(H,18,20). The molecule has 0 unspecified atom stereocenters. The lowest BCUT2D eigenvalue weighted by atomic mass is 9.68. The highest BCUT2D eigenvalue weighted by atomic mass is 32.1. The lowest BCUT2D eigenvalue weighted by Gasteiger charge is -2.44. The van der Waals surface area contributed by atoms with Crippen molar-refractivity contribution in [2.24, 2.45) is 11.3 Å². The fraction of sp³-hybridized carbons (Fsp3) is 0.688. The third-order valence-electron chi connectivity index (χ3n) is 5.31. The van der Waals surface area contributed by atoms with E-state index in [-0.39, 0.29) is 5.91 Å². The summed E-state index contributed by atoms with van der Waals surface area (Å²) >= 11 is 1.47. The molecular weight excluding hydrogens is 282 g/mol. The highest BCUT2D eigenvalue weighted by Crippen LogP contribution is 2.44. The van der Waals surface area contributed by atoms with Crippen LogP contribution in [0, 0.1) is 5.41 Å². The Hall–Kier alpha value is -0.910. The van der Waals surface area contributed by atoms with Gasteiger partial charge in [0.15, 0.2) is 0 Å². The first-order chi connectivity index (χ1) is 10.2. The number of carbonyl (C=O) groups is 1. The number of carbonyl (C=O) groups excluding carboxylic acids is 1. The summed E-state index contributed by atoms with van der Waals surface area (Å²) in [5, 5.41) is 1.98. The summed E-state index contributed by atoms with van der Waals surface area (Å²) in [7, 11) is 0. The lowest BCUT2D eigenvalue weighted by molar-refractivity contribution is 0.0639. The average molecular weight is 307 g/mol. The summed E-state index contributed by atoms with van der Waals surface area (Å²) in [6, 6.07) is 2.06. The second kappa shape index (κ2) is 6.46. The van der Waals surface area contributed by atoms with Gasteiger partial charge in [0.25, 0.3) is 5.91 Å². The van der Waals surface area contributed by atoms with Crippen molar-refractivity contribution in [3.63, 3.8) is 0 Å². The van der Waals surface area contributed by atoms with Gasteiger partial charge in [-0.1, -0.05) is 19.3 Å². The lowest BCUT2D eigenvalue weighted by Crippen LogP contribution is -2.41. The van der Waals surface area contributed by atoms with Crippen molar-refractivity contribution >= 4 is 17.2 Å². The number of nitrogens with one attached hydrogen (secondary N) is 1. The van der Waals surface area contributed by atoms with Crippen molar-refractivity contribution in [2.45, 2.75) is 51.5 Å². The molecule has 0 radical (unpaired) electrons. The van der Waals surface area contributed by atoms with Crippen LogP contribution in [0.4, 0.5) is 0 Å². The van der Waals surface area contributed by atoms with Gasteiger partial charge in [-0.2, -0.15) is 0 Å². The number of nitrogens with zero attached hydrogens (tertiary/aromatic N) is 1. The number of amides is 1. The third-order valence-corrected chi connectivity index (χ3v) is 6.26. The Balaban J connectivity index is 1.58. The molecule has 2 fully saturated rings. The number of hydrazine groups is 1. The summed E-state index contributed by atoms with van der Waals surface area (Å²) in [4.78, 5) is 15.0.